The van der Waals surface area contributed by atoms with E-state index in [1.165, 1.54) is 6.92 Å². The highest BCUT2D eigenvalue weighted by molar-refractivity contribution is 5.88. The Labute approximate surface area is 130 Å². The molecule has 22 heavy (non-hydrogen) atoms. The van der Waals surface area contributed by atoms with Crippen LogP contribution >= 0.6 is 0 Å². The molecule has 4 bridgehead atoms. The molecule has 0 heterocycles. The fraction of sp³-hybridized carbons (Fsp3) is 0.706. The lowest BCUT2D eigenvalue weighted by Gasteiger charge is -2.42. The molecule has 0 spiro atoms. The van der Waals surface area contributed by atoms with E-state index >= 15 is 0 Å². The van der Waals surface area contributed by atoms with Gasteiger partial charge in [-0.1, -0.05) is 6.58 Å². The minimum absolute atomic E-state index is 0.143. The van der Waals surface area contributed by atoms with Gasteiger partial charge in [0.1, 0.15) is 11.9 Å². The number of esters is 2. The molecule has 0 amide bonds. The number of ether oxygens (including phenoxy) is 2. The van der Waals surface area contributed by atoms with Gasteiger partial charge in [0.25, 0.3) is 0 Å². The third-order valence-corrected chi connectivity index (χ3v) is 5.26. The summed E-state index contributed by atoms with van der Waals surface area (Å²) in [7, 11) is 0. The van der Waals surface area contributed by atoms with Gasteiger partial charge in [-0.05, 0) is 44.4 Å². The van der Waals surface area contributed by atoms with Crippen molar-refractivity contribution in [2.45, 2.75) is 45.1 Å². The Balaban J connectivity index is 1.60. The molecule has 0 N–H and O–H groups in total. The van der Waals surface area contributed by atoms with Gasteiger partial charge in [0.15, 0.2) is 6.61 Å². The zero-order valence-electron chi connectivity index (χ0n) is 12.9. The van der Waals surface area contributed by atoms with Gasteiger partial charge in [0.05, 0.1) is 0 Å². The van der Waals surface area contributed by atoms with Gasteiger partial charge in [-0.2, -0.15) is 0 Å². The fourth-order valence-electron chi connectivity index (χ4n) is 4.41. The molecule has 4 aliphatic carbocycles. The number of Topliss-reactive ketones (excluding diaryl/α,β-unsaturated/α-hetero) is 1. The molecule has 5 heteroatoms. The highest BCUT2D eigenvalue weighted by Gasteiger charge is 2.50. The molecule has 0 aromatic rings. The van der Waals surface area contributed by atoms with E-state index in [1.54, 1.807) is 0 Å². The van der Waals surface area contributed by atoms with E-state index in [9.17, 15) is 14.4 Å². The van der Waals surface area contributed by atoms with Crippen LogP contribution in [0.2, 0.25) is 0 Å². The molecule has 5 nitrogen and oxygen atoms in total. The normalized spacial score (nSPS) is 35.9. The van der Waals surface area contributed by atoms with Crippen LogP contribution in [0.25, 0.3) is 0 Å². The molecule has 0 aliphatic heterocycles. The molecule has 0 aromatic carbocycles. The average molecular weight is 306 g/mol. The third kappa shape index (κ3) is 2.94. The SMILES string of the molecule is C=C(C)C(=O)OCC(=O)OC1C2CC(=O)C3CC(C2)CC1C3. The van der Waals surface area contributed by atoms with Gasteiger partial charge >= 0.3 is 11.9 Å². The summed E-state index contributed by atoms with van der Waals surface area (Å²) in [5, 5.41) is 0. The van der Waals surface area contributed by atoms with Gasteiger partial charge in [-0.15, -0.1) is 0 Å². The number of hydrogen-bond acceptors (Lipinski definition) is 5. The predicted molar refractivity (Wildman–Crippen MR) is 77.7 cm³/mol. The summed E-state index contributed by atoms with van der Waals surface area (Å²) in [6.07, 6.45) is 4.21. The molecule has 5 unspecified atom stereocenters. The molecule has 0 aromatic heterocycles. The smallest absolute Gasteiger partial charge is 0.344 e. The van der Waals surface area contributed by atoms with Crippen LogP contribution in [0, 0.1) is 23.7 Å². The standard InChI is InChI=1S/C17H22O5/c1-9(2)17(20)21-8-15(19)22-16-12-4-10-3-11(6-12)14(18)7-13(16)5-10/h10-13,16H,1,3-8H2,2H3. The van der Waals surface area contributed by atoms with E-state index in [1.807, 2.05) is 0 Å². The fourth-order valence-corrected chi connectivity index (χ4v) is 4.41. The minimum atomic E-state index is -0.588. The Morgan fingerprint density at radius 1 is 1.18 bits per heavy atom. The first-order chi connectivity index (χ1) is 10.4. The molecule has 4 fully saturated rings. The Morgan fingerprint density at radius 3 is 2.64 bits per heavy atom. The van der Waals surface area contributed by atoms with Crippen molar-refractivity contribution < 1.29 is 23.9 Å². The second-order valence-corrected chi connectivity index (χ2v) is 7.01. The van der Waals surface area contributed by atoms with Crippen LogP contribution in [0.4, 0.5) is 0 Å². The van der Waals surface area contributed by atoms with Gasteiger partial charge in [0.2, 0.25) is 0 Å². The van der Waals surface area contributed by atoms with Crippen LogP contribution in [0.5, 0.6) is 0 Å². The zero-order valence-corrected chi connectivity index (χ0v) is 12.9. The van der Waals surface area contributed by atoms with Crippen LogP contribution in [-0.4, -0.2) is 30.4 Å². The highest BCUT2D eigenvalue weighted by atomic mass is 16.6. The van der Waals surface area contributed by atoms with Gasteiger partial charge in [-0.3, -0.25) is 4.79 Å². The maximum Gasteiger partial charge on any atom is 0.344 e. The number of hydrogen-bond donors (Lipinski definition) is 0. The first-order valence-corrected chi connectivity index (χ1v) is 7.99. The van der Waals surface area contributed by atoms with Crippen molar-refractivity contribution >= 4 is 17.7 Å². The quantitative estimate of drug-likeness (QED) is 0.587. The third-order valence-electron chi connectivity index (χ3n) is 5.26. The van der Waals surface area contributed by atoms with Crippen molar-refractivity contribution in [3.8, 4) is 0 Å². The van der Waals surface area contributed by atoms with E-state index in [0.717, 1.165) is 25.7 Å². The van der Waals surface area contributed by atoms with Crippen LogP contribution in [0.15, 0.2) is 12.2 Å². The number of carbonyl (C=O) groups is 3. The topological polar surface area (TPSA) is 69.7 Å². The molecule has 5 atom stereocenters. The van der Waals surface area contributed by atoms with Crippen LogP contribution in [0.3, 0.4) is 0 Å². The van der Waals surface area contributed by atoms with Crippen LogP contribution in [0.1, 0.15) is 39.0 Å². The molecule has 0 radical (unpaired) electrons. The van der Waals surface area contributed by atoms with E-state index in [-0.39, 0.29) is 36.0 Å². The summed E-state index contributed by atoms with van der Waals surface area (Å²) in [4.78, 5) is 35.4. The van der Waals surface area contributed by atoms with E-state index in [4.69, 9.17) is 9.47 Å². The summed E-state index contributed by atoms with van der Waals surface area (Å²) in [5.74, 6) is 0.424. The summed E-state index contributed by atoms with van der Waals surface area (Å²) in [6, 6.07) is 0. The lowest BCUT2D eigenvalue weighted by molar-refractivity contribution is -0.169. The van der Waals surface area contributed by atoms with Crippen molar-refractivity contribution in [3.63, 3.8) is 0 Å². The van der Waals surface area contributed by atoms with Crippen molar-refractivity contribution in [1.82, 2.24) is 0 Å². The highest BCUT2D eigenvalue weighted by Crippen LogP contribution is 2.51. The molecule has 120 valence electrons. The van der Waals surface area contributed by atoms with Crippen LogP contribution < -0.4 is 0 Å². The Kier molecular flexibility index (Phi) is 4.06. The Hall–Kier alpha value is -1.65. The van der Waals surface area contributed by atoms with Crippen molar-refractivity contribution in [2.75, 3.05) is 6.61 Å². The van der Waals surface area contributed by atoms with Gasteiger partial charge < -0.3 is 9.47 Å². The minimum Gasteiger partial charge on any atom is -0.459 e. The van der Waals surface area contributed by atoms with E-state index in [0.29, 0.717) is 18.1 Å². The lowest BCUT2D eigenvalue weighted by atomic mass is 9.66. The maximum atomic E-state index is 12.2. The molecule has 4 saturated carbocycles. The summed E-state index contributed by atoms with van der Waals surface area (Å²) in [6.45, 7) is 4.61. The summed E-state index contributed by atoms with van der Waals surface area (Å²) >= 11 is 0. The average Bonchev–Trinajstić information content (AvgIpc) is 2.62. The Bertz CT molecular complexity index is 523. The summed E-state index contributed by atoms with van der Waals surface area (Å²) < 4.78 is 10.4. The Morgan fingerprint density at radius 2 is 1.91 bits per heavy atom. The molecule has 0 saturated heterocycles. The molecule has 4 rings (SSSR count). The maximum absolute atomic E-state index is 12.2. The number of rotatable bonds is 4. The summed E-state index contributed by atoms with van der Waals surface area (Å²) in [5.41, 5.74) is 0.254. The van der Waals surface area contributed by atoms with Gasteiger partial charge in [-0.25, -0.2) is 9.59 Å². The monoisotopic (exact) mass is 306 g/mol. The molecular weight excluding hydrogens is 284 g/mol. The first kappa shape index (κ1) is 15.3. The van der Waals surface area contributed by atoms with Crippen molar-refractivity contribution in [1.29, 1.82) is 0 Å². The zero-order chi connectivity index (χ0) is 15.9. The lowest BCUT2D eigenvalue weighted by Crippen LogP contribution is -2.42. The van der Waals surface area contributed by atoms with Crippen molar-refractivity contribution in [2.24, 2.45) is 23.7 Å². The number of ketones is 1. The second kappa shape index (κ2) is 5.86. The predicted octanol–water partition coefficient (Wildman–Crippen LogP) is 2.04. The van der Waals surface area contributed by atoms with E-state index in [2.05, 4.69) is 6.58 Å². The second-order valence-electron chi connectivity index (χ2n) is 7.01. The molecular formula is C17H22O5. The largest absolute Gasteiger partial charge is 0.459 e. The molecule has 4 aliphatic rings. The van der Waals surface area contributed by atoms with Crippen LogP contribution in [-0.2, 0) is 23.9 Å². The van der Waals surface area contributed by atoms with Crippen molar-refractivity contribution in [3.05, 3.63) is 12.2 Å². The van der Waals surface area contributed by atoms with Gasteiger partial charge in [0, 0.05) is 23.8 Å². The van der Waals surface area contributed by atoms with E-state index < -0.39 is 11.9 Å². The number of carbonyl (C=O) groups excluding carboxylic acids is 3. The first-order valence-electron chi connectivity index (χ1n) is 7.99. The number of fused-ring (bicyclic) bond motifs is 1.